The normalized spacial score (nSPS) is 17.5. The van der Waals surface area contributed by atoms with Crippen LogP contribution in [0.3, 0.4) is 0 Å². The molecule has 0 spiro atoms. The highest BCUT2D eigenvalue weighted by molar-refractivity contribution is 6.16. The third kappa shape index (κ3) is 3.52. The van der Waals surface area contributed by atoms with Crippen molar-refractivity contribution >= 4 is 11.9 Å². The SMILES string of the molecule is Cc1ccc(CN2COc3cc(C)c4c(c3C2)O/C(=C\c2ccc3c(c2)OCO3)C4=O)cc1. The minimum absolute atomic E-state index is 0.112. The van der Waals surface area contributed by atoms with Gasteiger partial charge in [0.2, 0.25) is 12.6 Å². The van der Waals surface area contributed by atoms with Crippen molar-refractivity contribution in [2.75, 3.05) is 13.5 Å². The van der Waals surface area contributed by atoms with Gasteiger partial charge in [-0.15, -0.1) is 0 Å². The van der Waals surface area contributed by atoms with Gasteiger partial charge in [-0.2, -0.15) is 0 Å². The molecule has 0 amide bonds. The number of carbonyl (C=O) groups is 1. The third-order valence-electron chi connectivity index (χ3n) is 6.21. The fraction of sp³-hybridized carbons (Fsp3) is 0.222. The van der Waals surface area contributed by atoms with Crippen LogP contribution < -0.4 is 18.9 Å². The Labute approximate surface area is 191 Å². The molecule has 3 aliphatic rings. The smallest absolute Gasteiger partial charge is 0.232 e. The Balaban J connectivity index is 1.30. The van der Waals surface area contributed by atoms with E-state index in [1.54, 1.807) is 6.08 Å². The molecule has 0 aromatic heterocycles. The van der Waals surface area contributed by atoms with Crippen molar-refractivity contribution in [3.63, 3.8) is 0 Å². The molecule has 0 radical (unpaired) electrons. The maximum absolute atomic E-state index is 13.2. The number of hydrogen-bond acceptors (Lipinski definition) is 6. The Morgan fingerprint density at radius 3 is 2.61 bits per heavy atom. The van der Waals surface area contributed by atoms with E-state index in [1.807, 2.05) is 31.2 Å². The van der Waals surface area contributed by atoms with Crippen LogP contribution in [0.15, 0.2) is 54.3 Å². The van der Waals surface area contributed by atoms with E-state index in [-0.39, 0.29) is 12.6 Å². The molecule has 166 valence electrons. The van der Waals surface area contributed by atoms with Gasteiger partial charge in [0.25, 0.3) is 0 Å². The van der Waals surface area contributed by atoms with Crippen LogP contribution in [0.4, 0.5) is 0 Å². The van der Waals surface area contributed by atoms with Crippen LogP contribution in [-0.2, 0) is 13.1 Å². The van der Waals surface area contributed by atoms with Crippen molar-refractivity contribution in [3.05, 3.63) is 87.7 Å². The summed E-state index contributed by atoms with van der Waals surface area (Å²) < 4.78 is 23.1. The summed E-state index contributed by atoms with van der Waals surface area (Å²) in [7, 11) is 0. The van der Waals surface area contributed by atoms with Gasteiger partial charge in [0.1, 0.15) is 18.2 Å². The van der Waals surface area contributed by atoms with Crippen LogP contribution in [0, 0.1) is 13.8 Å². The third-order valence-corrected chi connectivity index (χ3v) is 6.21. The number of ketones is 1. The lowest BCUT2D eigenvalue weighted by Gasteiger charge is -2.30. The Morgan fingerprint density at radius 2 is 1.76 bits per heavy atom. The quantitative estimate of drug-likeness (QED) is 0.533. The largest absolute Gasteiger partial charge is 0.478 e. The van der Waals surface area contributed by atoms with Gasteiger partial charge in [-0.05, 0) is 54.8 Å². The first-order valence-electron chi connectivity index (χ1n) is 11.0. The summed E-state index contributed by atoms with van der Waals surface area (Å²) in [5, 5.41) is 0. The number of ether oxygens (including phenoxy) is 4. The summed E-state index contributed by atoms with van der Waals surface area (Å²) >= 11 is 0. The number of rotatable bonds is 3. The second-order valence-electron chi connectivity index (χ2n) is 8.67. The fourth-order valence-corrected chi connectivity index (χ4v) is 4.48. The molecular weight excluding hydrogens is 418 g/mol. The van der Waals surface area contributed by atoms with Crippen molar-refractivity contribution in [2.24, 2.45) is 0 Å². The fourth-order valence-electron chi connectivity index (χ4n) is 4.48. The minimum Gasteiger partial charge on any atom is -0.478 e. The van der Waals surface area contributed by atoms with Crippen LogP contribution in [0.5, 0.6) is 23.0 Å². The first-order valence-corrected chi connectivity index (χ1v) is 11.0. The highest BCUT2D eigenvalue weighted by atomic mass is 16.7. The van der Waals surface area contributed by atoms with Gasteiger partial charge < -0.3 is 18.9 Å². The number of fused-ring (bicyclic) bond motifs is 4. The van der Waals surface area contributed by atoms with Crippen LogP contribution in [-0.4, -0.2) is 24.2 Å². The molecule has 3 aromatic rings. The van der Waals surface area contributed by atoms with E-state index in [0.717, 1.165) is 29.0 Å². The van der Waals surface area contributed by atoms with Crippen molar-refractivity contribution in [2.45, 2.75) is 26.9 Å². The zero-order chi connectivity index (χ0) is 22.5. The topological polar surface area (TPSA) is 57.2 Å². The van der Waals surface area contributed by atoms with E-state index in [2.05, 4.69) is 36.1 Å². The molecule has 0 unspecified atom stereocenters. The van der Waals surface area contributed by atoms with Crippen molar-refractivity contribution in [1.82, 2.24) is 4.90 Å². The molecule has 3 aromatic carbocycles. The van der Waals surface area contributed by atoms with E-state index in [0.29, 0.717) is 41.8 Å². The van der Waals surface area contributed by atoms with Gasteiger partial charge in [-0.25, -0.2) is 0 Å². The maximum Gasteiger partial charge on any atom is 0.232 e. The molecule has 6 heteroatoms. The second-order valence-corrected chi connectivity index (χ2v) is 8.67. The molecule has 0 bridgehead atoms. The van der Waals surface area contributed by atoms with Gasteiger partial charge in [-0.1, -0.05) is 35.9 Å². The first-order chi connectivity index (χ1) is 16.0. The summed E-state index contributed by atoms with van der Waals surface area (Å²) in [6.07, 6.45) is 1.75. The van der Waals surface area contributed by atoms with Crippen LogP contribution >= 0.6 is 0 Å². The summed E-state index contributed by atoms with van der Waals surface area (Å²) in [5.74, 6) is 2.95. The summed E-state index contributed by atoms with van der Waals surface area (Å²) in [4.78, 5) is 15.4. The van der Waals surface area contributed by atoms with E-state index in [4.69, 9.17) is 18.9 Å². The molecule has 0 aliphatic carbocycles. The van der Waals surface area contributed by atoms with Crippen molar-refractivity contribution in [1.29, 1.82) is 0 Å². The molecule has 6 nitrogen and oxygen atoms in total. The minimum atomic E-state index is -0.112. The highest BCUT2D eigenvalue weighted by Gasteiger charge is 2.35. The van der Waals surface area contributed by atoms with Gasteiger partial charge >= 0.3 is 0 Å². The molecule has 3 aliphatic heterocycles. The Morgan fingerprint density at radius 1 is 0.939 bits per heavy atom. The first kappa shape index (κ1) is 19.9. The number of carbonyl (C=O) groups excluding carboxylic acids is 1. The van der Waals surface area contributed by atoms with Gasteiger partial charge in [0.15, 0.2) is 17.3 Å². The molecule has 0 saturated heterocycles. The standard InChI is InChI=1S/C27H23NO5/c1-16-3-5-18(6-4-16)12-28-13-20-22(30-14-28)9-17(2)25-26(29)24(33-27(20)25)11-19-7-8-21-23(10-19)32-15-31-21/h3-11H,12-15H2,1-2H3/b24-11-. The molecule has 0 N–H and O–H groups in total. The molecule has 0 atom stereocenters. The van der Waals surface area contributed by atoms with E-state index in [1.165, 1.54) is 11.1 Å². The van der Waals surface area contributed by atoms with E-state index in [9.17, 15) is 4.79 Å². The zero-order valence-corrected chi connectivity index (χ0v) is 18.5. The number of nitrogens with zero attached hydrogens (tertiary/aromatic N) is 1. The zero-order valence-electron chi connectivity index (χ0n) is 18.5. The molecule has 6 rings (SSSR count). The Bertz CT molecular complexity index is 1310. The molecule has 0 saturated carbocycles. The van der Waals surface area contributed by atoms with Crippen molar-refractivity contribution in [3.8, 4) is 23.0 Å². The van der Waals surface area contributed by atoms with E-state index < -0.39 is 0 Å². The number of hydrogen-bond donors (Lipinski definition) is 0. The average Bonchev–Trinajstić information content (AvgIpc) is 3.40. The van der Waals surface area contributed by atoms with E-state index >= 15 is 0 Å². The average molecular weight is 441 g/mol. The van der Waals surface area contributed by atoms with Crippen LogP contribution in [0.1, 0.15) is 38.2 Å². The molecule has 3 heterocycles. The van der Waals surface area contributed by atoms with Crippen molar-refractivity contribution < 1.29 is 23.7 Å². The summed E-state index contributed by atoms with van der Waals surface area (Å²) in [6.45, 7) is 6.12. The maximum atomic E-state index is 13.2. The molecular formula is C27H23NO5. The lowest BCUT2D eigenvalue weighted by atomic mass is 9.98. The second kappa shape index (κ2) is 7.67. The summed E-state index contributed by atoms with van der Waals surface area (Å²) in [6, 6.07) is 16.0. The Hall–Kier alpha value is -3.77. The lowest BCUT2D eigenvalue weighted by Crippen LogP contribution is -2.31. The van der Waals surface area contributed by atoms with Gasteiger partial charge in [0.05, 0.1) is 11.1 Å². The van der Waals surface area contributed by atoms with Crippen LogP contribution in [0.25, 0.3) is 6.08 Å². The summed E-state index contributed by atoms with van der Waals surface area (Å²) in [5.41, 5.74) is 5.66. The predicted molar refractivity (Wildman–Crippen MR) is 123 cm³/mol. The van der Waals surface area contributed by atoms with Gasteiger partial charge in [0, 0.05) is 13.1 Å². The van der Waals surface area contributed by atoms with Gasteiger partial charge in [-0.3, -0.25) is 9.69 Å². The molecule has 0 fully saturated rings. The number of benzene rings is 3. The number of aryl methyl sites for hydroxylation is 2. The highest BCUT2D eigenvalue weighted by Crippen LogP contribution is 2.44. The predicted octanol–water partition coefficient (Wildman–Crippen LogP) is 5.00. The Kier molecular flexibility index (Phi) is 4.62. The monoisotopic (exact) mass is 441 g/mol. The lowest BCUT2D eigenvalue weighted by molar-refractivity contribution is 0.0872. The van der Waals surface area contributed by atoms with Crippen LogP contribution in [0.2, 0.25) is 0 Å². The number of Topliss-reactive ketones (excluding diaryl/α,β-unsaturated/α-hetero) is 1. The number of allylic oxidation sites excluding steroid dienone is 1. The molecule has 33 heavy (non-hydrogen) atoms.